The minimum atomic E-state index is -0.632. The topological polar surface area (TPSA) is 34.1 Å². The Bertz CT molecular complexity index is 134. The summed E-state index contributed by atoms with van der Waals surface area (Å²) in [6.45, 7) is 1.86. The maximum Gasteiger partial charge on any atom is 0.154 e. The van der Waals surface area contributed by atoms with E-state index < -0.39 is 4.83 Å². The third-order valence-corrected chi connectivity index (χ3v) is 1.96. The van der Waals surface area contributed by atoms with Gasteiger partial charge in [-0.2, -0.15) is 0 Å². The van der Waals surface area contributed by atoms with Gasteiger partial charge in [-0.25, -0.2) is 0 Å². The minimum absolute atomic E-state index is 0.0839. The summed E-state index contributed by atoms with van der Waals surface area (Å²) in [5.41, 5.74) is 0. The molecule has 0 saturated carbocycles. The van der Waals surface area contributed by atoms with E-state index in [9.17, 15) is 9.59 Å². The first kappa shape index (κ1) is 10.3. The SMILES string of the molecule is CC(Br)CC(=O)C(Br)C=O. The highest BCUT2D eigenvalue weighted by Gasteiger charge is 2.14. The standard InChI is InChI=1S/C6H8Br2O2/c1-4(7)2-6(10)5(8)3-9/h3-5H,2H2,1H3. The molecule has 0 aliphatic rings. The van der Waals surface area contributed by atoms with Gasteiger partial charge in [0.25, 0.3) is 0 Å². The average molecular weight is 272 g/mol. The van der Waals surface area contributed by atoms with Crippen LogP contribution >= 0.6 is 31.9 Å². The van der Waals surface area contributed by atoms with E-state index in [-0.39, 0.29) is 10.6 Å². The number of halogens is 2. The second-order valence-corrected chi connectivity index (χ2v) is 4.54. The van der Waals surface area contributed by atoms with Crippen molar-refractivity contribution in [1.82, 2.24) is 0 Å². The zero-order valence-electron chi connectivity index (χ0n) is 5.51. The van der Waals surface area contributed by atoms with Crippen LogP contribution in [0.4, 0.5) is 0 Å². The van der Waals surface area contributed by atoms with Crippen LogP contribution in [-0.4, -0.2) is 21.7 Å². The Labute approximate surface area is 76.6 Å². The Kier molecular flexibility index (Phi) is 5.17. The second kappa shape index (κ2) is 5.02. The molecule has 2 nitrogen and oxygen atoms in total. The number of carbonyl (C=O) groups is 2. The number of alkyl halides is 2. The molecular formula is C6H8Br2O2. The highest BCUT2D eigenvalue weighted by molar-refractivity contribution is 9.10. The van der Waals surface area contributed by atoms with Crippen molar-refractivity contribution in [1.29, 1.82) is 0 Å². The maximum atomic E-state index is 10.9. The number of Topliss-reactive ketones (excluding diaryl/α,β-unsaturated/α-hetero) is 1. The molecule has 0 N–H and O–H groups in total. The smallest absolute Gasteiger partial charge is 0.154 e. The molecule has 10 heavy (non-hydrogen) atoms. The van der Waals surface area contributed by atoms with E-state index in [1.807, 2.05) is 6.92 Å². The van der Waals surface area contributed by atoms with E-state index >= 15 is 0 Å². The Morgan fingerprint density at radius 3 is 2.40 bits per heavy atom. The van der Waals surface area contributed by atoms with Gasteiger partial charge in [-0.15, -0.1) is 0 Å². The number of rotatable bonds is 4. The van der Waals surface area contributed by atoms with Gasteiger partial charge in [-0.1, -0.05) is 38.8 Å². The molecule has 4 heteroatoms. The molecule has 0 bridgehead atoms. The number of carbonyl (C=O) groups excluding carboxylic acids is 2. The van der Waals surface area contributed by atoms with Crippen molar-refractivity contribution in [3.05, 3.63) is 0 Å². The predicted octanol–water partition coefficient (Wildman–Crippen LogP) is 1.69. The fourth-order valence-corrected chi connectivity index (χ4v) is 0.972. The number of ketones is 1. The molecule has 0 radical (unpaired) electrons. The number of hydrogen-bond donors (Lipinski definition) is 0. The van der Waals surface area contributed by atoms with E-state index in [1.165, 1.54) is 0 Å². The van der Waals surface area contributed by atoms with Gasteiger partial charge in [0.2, 0.25) is 0 Å². The molecule has 0 aromatic carbocycles. The van der Waals surface area contributed by atoms with Crippen molar-refractivity contribution in [2.24, 2.45) is 0 Å². The van der Waals surface area contributed by atoms with Crippen LogP contribution in [0.25, 0.3) is 0 Å². The van der Waals surface area contributed by atoms with Crippen molar-refractivity contribution in [3.8, 4) is 0 Å². The van der Waals surface area contributed by atoms with E-state index in [4.69, 9.17) is 0 Å². The summed E-state index contributed by atoms with van der Waals surface area (Å²) >= 11 is 6.15. The van der Waals surface area contributed by atoms with Crippen LogP contribution in [0.1, 0.15) is 13.3 Å². The lowest BCUT2D eigenvalue weighted by atomic mass is 10.2. The molecule has 0 amide bonds. The summed E-state index contributed by atoms with van der Waals surface area (Å²) in [5, 5.41) is 0. The van der Waals surface area contributed by atoms with Crippen LogP contribution in [0, 0.1) is 0 Å². The molecule has 2 unspecified atom stereocenters. The van der Waals surface area contributed by atoms with E-state index in [2.05, 4.69) is 31.9 Å². The second-order valence-electron chi connectivity index (χ2n) is 1.99. The average Bonchev–Trinajstić information content (AvgIpc) is 1.85. The van der Waals surface area contributed by atoms with Gasteiger partial charge in [-0.3, -0.25) is 4.79 Å². The predicted molar refractivity (Wildman–Crippen MR) is 46.8 cm³/mol. The number of aldehydes is 1. The van der Waals surface area contributed by atoms with E-state index in [1.54, 1.807) is 0 Å². The fourth-order valence-electron chi connectivity index (χ4n) is 0.466. The molecule has 0 fully saturated rings. The Balaban J connectivity index is 3.73. The van der Waals surface area contributed by atoms with Crippen molar-refractivity contribution in [3.63, 3.8) is 0 Å². The van der Waals surface area contributed by atoms with Gasteiger partial charge in [0.05, 0.1) is 0 Å². The molecule has 0 aromatic heterocycles. The summed E-state index contributed by atoms with van der Waals surface area (Å²) in [6.07, 6.45) is 0.979. The van der Waals surface area contributed by atoms with Gasteiger partial charge in [0.15, 0.2) is 5.78 Å². The fraction of sp³-hybridized carbons (Fsp3) is 0.667. The van der Waals surface area contributed by atoms with E-state index in [0.29, 0.717) is 12.7 Å². The summed E-state index contributed by atoms with van der Waals surface area (Å²) in [7, 11) is 0. The zero-order valence-corrected chi connectivity index (χ0v) is 8.68. The summed E-state index contributed by atoms with van der Waals surface area (Å²) in [5.74, 6) is -0.0839. The monoisotopic (exact) mass is 270 g/mol. The van der Waals surface area contributed by atoms with Crippen LogP contribution < -0.4 is 0 Å². The van der Waals surface area contributed by atoms with Crippen LogP contribution in [0.2, 0.25) is 0 Å². The third-order valence-electron chi connectivity index (χ3n) is 0.910. The first-order chi connectivity index (χ1) is 4.57. The van der Waals surface area contributed by atoms with Crippen molar-refractivity contribution in [2.45, 2.75) is 23.0 Å². The first-order valence-corrected chi connectivity index (χ1v) is 4.67. The van der Waals surface area contributed by atoms with Gasteiger partial charge < -0.3 is 4.79 Å². The molecule has 0 rings (SSSR count). The molecule has 2 atom stereocenters. The van der Waals surface area contributed by atoms with Gasteiger partial charge in [0.1, 0.15) is 11.1 Å². The normalized spacial score (nSPS) is 15.9. The molecule has 58 valence electrons. The lowest BCUT2D eigenvalue weighted by Crippen LogP contribution is -2.17. The first-order valence-electron chi connectivity index (χ1n) is 2.84. The minimum Gasteiger partial charge on any atom is -0.302 e. The summed E-state index contributed by atoms with van der Waals surface area (Å²) < 4.78 is 0. The maximum absolute atomic E-state index is 10.9. The van der Waals surface area contributed by atoms with Gasteiger partial charge >= 0.3 is 0 Å². The summed E-state index contributed by atoms with van der Waals surface area (Å²) in [6, 6.07) is 0. The summed E-state index contributed by atoms with van der Waals surface area (Å²) in [4.78, 5) is 20.4. The molecular weight excluding hydrogens is 264 g/mol. The highest BCUT2D eigenvalue weighted by atomic mass is 79.9. The van der Waals surface area contributed by atoms with Crippen LogP contribution in [0.5, 0.6) is 0 Å². The Hall–Kier alpha value is 0.300. The Morgan fingerprint density at radius 1 is 1.60 bits per heavy atom. The quantitative estimate of drug-likeness (QED) is 0.443. The van der Waals surface area contributed by atoms with Crippen molar-refractivity contribution in [2.75, 3.05) is 0 Å². The van der Waals surface area contributed by atoms with E-state index in [0.717, 1.165) is 0 Å². The largest absolute Gasteiger partial charge is 0.302 e. The lowest BCUT2D eigenvalue weighted by molar-refractivity contribution is -0.121. The molecule has 0 saturated heterocycles. The molecule has 0 aliphatic carbocycles. The van der Waals surface area contributed by atoms with Crippen LogP contribution in [-0.2, 0) is 9.59 Å². The van der Waals surface area contributed by atoms with Crippen molar-refractivity contribution >= 4 is 43.9 Å². The molecule has 0 heterocycles. The number of hydrogen-bond acceptors (Lipinski definition) is 2. The molecule has 0 aliphatic heterocycles. The van der Waals surface area contributed by atoms with Crippen LogP contribution in [0.3, 0.4) is 0 Å². The van der Waals surface area contributed by atoms with Gasteiger partial charge in [-0.05, 0) is 0 Å². The Morgan fingerprint density at radius 2 is 2.10 bits per heavy atom. The lowest BCUT2D eigenvalue weighted by Gasteiger charge is -2.01. The molecule has 0 spiro atoms. The van der Waals surface area contributed by atoms with Crippen molar-refractivity contribution < 1.29 is 9.59 Å². The zero-order chi connectivity index (χ0) is 8.15. The van der Waals surface area contributed by atoms with Crippen LogP contribution in [0.15, 0.2) is 0 Å². The molecule has 0 aromatic rings. The highest BCUT2D eigenvalue weighted by Crippen LogP contribution is 2.08. The van der Waals surface area contributed by atoms with Gasteiger partial charge in [0, 0.05) is 11.2 Å². The third kappa shape index (κ3) is 4.17.